The van der Waals surface area contributed by atoms with Crippen LogP contribution in [0.4, 0.5) is 5.69 Å². The Morgan fingerprint density at radius 3 is 1.85 bits per heavy atom. The van der Waals surface area contributed by atoms with Gasteiger partial charge in [0.2, 0.25) is 11.8 Å². The van der Waals surface area contributed by atoms with Crippen molar-refractivity contribution in [1.29, 1.82) is 0 Å². The molecule has 0 saturated carbocycles. The van der Waals surface area contributed by atoms with E-state index in [0.29, 0.717) is 36.6 Å². The standard InChI is InChI=1S/C28H27ClN2O2/c29-25-17-9-10-18-26(25)30-27(32)23-15-7-8-16-24(23)28(33)31(19-21-11-3-1-4-12-21)20-22-13-5-2-6-14-22/h1-14,17-18,23-24H,15-16,19-20H2,(H,30,32). The number of carbonyl (C=O) groups excluding carboxylic acids is 2. The summed E-state index contributed by atoms with van der Waals surface area (Å²) in [6.07, 6.45) is 5.06. The Labute approximate surface area is 199 Å². The molecule has 4 rings (SSSR count). The third-order valence-corrected chi connectivity index (χ3v) is 6.29. The van der Waals surface area contributed by atoms with Gasteiger partial charge < -0.3 is 10.2 Å². The quantitative estimate of drug-likeness (QED) is 0.435. The molecule has 0 fully saturated rings. The molecular formula is C28H27ClN2O2. The third-order valence-electron chi connectivity index (χ3n) is 5.96. The van der Waals surface area contributed by atoms with Crippen molar-refractivity contribution in [2.45, 2.75) is 25.9 Å². The van der Waals surface area contributed by atoms with Gasteiger partial charge in [-0.15, -0.1) is 0 Å². The van der Waals surface area contributed by atoms with E-state index in [2.05, 4.69) is 5.32 Å². The maximum absolute atomic E-state index is 13.8. The van der Waals surface area contributed by atoms with E-state index in [1.54, 1.807) is 12.1 Å². The smallest absolute Gasteiger partial charge is 0.228 e. The van der Waals surface area contributed by atoms with Gasteiger partial charge in [-0.3, -0.25) is 9.59 Å². The second-order valence-corrected chi connectivity index (χ2v) is 8.70. The molecule has 1 aliphatic carbocycles. The highest BCUT2D eigenvalue weighted by Crippen LogP contribution is 2.31. The van der Waals surface area contributed by atoms with Crippen molar-refractivity contribution in [1.82, 2.24) is 4.90 Å². The first-order valence-electron chi connectivity index (χ1n) is 11.2. The van der Waals surface area contributed by atoms with E-state index in [4.69, 9.17) is 11.6 Å². The van der Waals surface area contributed by atoms with Crippen LogP contribution in [0.2, 0.25) is 5.02 Å². The predicted octanol–water partition coefficient (Wildman–Crippen LogP) is 6.09. The van der Waals surface area contributed by atoms with Gasteiger partial charge in [0.25, 0.3) is 0 Å². The molecule has 4 nitrogen and oxygen atoms in total. The van der Waals surface area contributed by atoms with Gasteiger partial charge in [-0.2, -0.15) is 0 Å². The molecular weight excluding hydrogens is 432 g/mol. The van der Waals surface area contributed by atoms with E-state index in [1.807, 2.05) is 89.8 Å². The van der Waals surface area contributed by atoms with Gasteiger partial charge in [0.1, 0.15) is 0 Å². The second-order valence-electron chi connectivity index (χ2n) is 8.29. The number of nitrogens with one attached hydrogen (secondary N) is 1. The summed E-state index contributed by atoms with van der Waals surface area (Å²) in [5.74, 6) is -1.06. The van der Waals surface area contributed by atoms with Crippen molar-refractivity contribution in [3.05, 3.63) is 113 Å². The van der Waals surface area contributed by atoms with Crippen LogP contribution in [0.5, 0.6) is 0 Å². The van der Waals surface area contributed by atoms with Crippen LogP contribution in [0.1, 0.15) is 24.0 Å². The summed E-state index contributed by atoms with van der Waals surface area (Å²) >= 11 is 6.23. The lowest BCUT2D eigenvalue weighted by atomic mass is 9.81. The number of hydrogen-bond donors (Lipinski definition) is 1. The fraction of sp³-hybridized carbons (Fsp3) is 0.214. The fourth-order valence-electron chi connectivity index (χ4n) is 4.22. The minimum atomic E-state index is -0.451. The Morgan fingerprint density at radius 1 is 0.758 bits per heavy atom. The molecule has 0 spiro atoms. The summed E-state index contributed by atoms with van der Waals surface area (Å²) in [6, 6.07) is 27.1. The summed E-state index contributed by atoms with van der Waals surface area (Å²) in [5.41, 5.74) is 2.69. The first-order valence-corrected chi connectivity index (χ1v) is 11.6. The number of halogens is 1. The van der Waals surface area contributed by atoms with Gasteiger partial charge >= 0.3 is 0 Å². The Kier molecular flexibility index (Phi) is 7.59. The number of amides is 2. The molecule has 5 heteroatoms. The molecule has 0 bridgehead atoms. The van der Waals surface area contributed by atoms with Crippen LogP contribution >= 0.6 is 11.6 Å². The Balaban J connectivity index is 1.56. The molecule has 2 amide bonds. The molecule has 0 aromatic heterocycles. The first-order chi connectivity index (χ1) is 16.1. The van der Waals surface area contributed by atoms with Crippen molar-refractivity contribution in [2.24, 2.45) is 11.8 Å². The van der Waals surface area contributed by atoms with Crippen LogP contribution in [0.3, 0.4) is 0 Å². The third kappa shape index (κ3) is 5.91. The first kappa shape index (κ1) is 22.8. The summed E-state index contributed by atoms with van der Waals surface area (Å²) in [5, 5.41) is 3.41. The molecule has 1 N–H and O–H groups in total. The van der Waals surface area contributed by atoms with Crippen LogP contribution in [0.15, 0.2) is 97.1 Å². The van der Waals surface area contributed by atoms with Gasteiger partial charge in [0, 0.05) is 13.1 Å². The minimum absolute atomic E-state index is 0.00800. The predicted molar refractivity (Wildman–Crippen MR) is 133 cm³/mol. The van der Waals surface area contributed by atoms with Crippen LogP contribution in [0, 0.1) is 11.8 Å². The van der Waals surface area contributed by atoms with Crippen LogP contribution in [0.25, 0.3) is 0 Å². The lowest BCUT2D eigenvalue weighted by Crippen LogP contribution is -2.42. The molecule has 0 radical (unpaired) electrons. The maximum atomic E-state index is 13.8. The topological polar surface area (TPSA) is 49.4 Å². The Bertz CT molecular complexity index is 1070. The summed E-state index contributed by atoms with van der Waals surface area (Å²) in [7, 11) is 0. The van der Waals surface area contributed by atoms with Crippen molar-refractivity contribution in [3.63, 3.8) is 0 Å². The van der Waals surface area contributed by atoms with E-state index in [1.165, 1.54) is 0 Å². The molecule has 2 atom stereocenters. The van der Waals surface area contributed by atoms with E-state index in [-0.39, 0.29) is 11.8 Å². The number of hydrogen-bond acceptors (Lipinski definition) is 2. The number of allylic oxidation sites excluding steroid dienone is 2. The number of anilines is 1. The monoisotopic (exact) mass is 458 g/mol. The summed E-state index contributed by atoms with van der Waals surface area (Å²) in [6.45, 7) is 0.987. The lowest BCUT2D eigenvalue weighted by Gasteiger charge is -2.32. The molecule has 0 saturated heterocycles. The lowest BCUT2D eigenvalue weighted by molar-refractivity contribution is -0.142. The van der Waals surface area contributed by atoms with E-state index >= 15 is 0 Å². The minimum Gasteiger partial charge on any atom is -0.334 e. The normalized spacial score (nSPS) is 17.4. The van der Waals surface area contributed by atoms with Gasteiger partial charge in [-0.25, -0.2) is 0 Å². The highest BCUT2D eigenvalue weighted by molar-refractivity contribution is 6.33. The van der Waals surface area contributed by atoms with Crippen LogP contribution in [-0.2, 0) is 22.7 Å². The zero-order valence-electron chi connectivity index (χ0n) is 18.4. The van der Waals surface area contributed by atoms with Crippen molar-refractivity contribution in [3.8, 4) is 0 Å². The molecule has 1 aliphatic rings. The van der Waals surface area contributed by atoms with Crippen LogP contribution < -0.4 is 5.32 Å². The molecule has 3 aromatic carbocycles. The van der Waals surface area contributed by atoms with Crippen molar-refractivity contribution >= 4 is 29.1 Å². The van der Waals surface area contributed by atoms with Gasteiger partial charge in [0.05, 0.1) is 22.5 Å². The zero-order chi connectivity index (χ0) is 23.0. The average molecular weight is 459 g/mol. The maximum Gasteiger partial charge on any atom is 0.228 e. The number of rotatable bonds is 7. The second kappa shape index (κ2) is 11.0. The van der Waals surface area contributed by atoms with Crippen LogP contribution in [-0.4, -0.2) is 16.7 Å². The molecule has 2 unspecified atom stereocenters. The molecule has 168 valence electrons. The molecule has 0 heterocycles. The number of para-hydroxylation sites is 1. The molecule has 33 heavy (non-hydrogen) atoms. The van der Waals surface area contributed by atoms with E-state index in [9.17, 15) is 9.59 Å². The number of benzene rings is 3. The van der Waals surface area contributed by atoms with Gasteiger partial charge in [0.15, 0.2) is 0 Å². The van der Waals surface area contributed by atoms with Gasteiger partial charge in [-0.05, 0) is 36.1 Å². The van der Waals surface area contributed by atoms with E-state index < -0.39 is 11.8 Å². The molecule has 3 aromatic rings. The highest BCUT2D eigenvalue weighted by atomic mass is 35.5. The Morgan fingerprint density at radius 2 is 1.27 bits per heavy atom. The van der Waals surface area contributed by atoms with Crippen molar-refractivity contribution < 1.29 is 9.59 Å². The Hall–Kier alpha value is -3.37. The number of carbonyl (C=O) groups is 2. The fourth-order valence-corrected chi connectivity index (χ4v) is 4.40. The highest BCUT2D eigenvalue weighted by Gasteiger charge is 2.36. The average Bonchev–Trinajstić information content (AvgIpc) is 2.86. The number of nitrogens with zero attached hydrogens (tertiary/aromatic N) is 1. The van der Waals surface area contributed by atoms with Gasteiger partial charge in [-0.1, -0.05) is 96.5 Å². The van der Waals surface area contributed by atoms with Crippen molar-refractivity contribution in [2.75, 3.05) is 5.32 Å². The zero-order valence-corrected chi connectivity index (χ0v) is 19.1. The summed E-state index contributed by atoms with van der Waals surface area (Å²) in [4.78, 5) is 28.9. The molecule has 0 aliphatic heterocycles. The SMILES string of the molecule is O=C(Nc1ccccc1Cl)C1CC=CCC1C(=O)N(Cc1ccccc1)Cc1ccccc1. The largest absolute Gasteiger partial charge is 0.334 e. The van der Waals surface area contributed by atoms with E-state index in [0.717, 1.165) is 11.1 Å². The summed E-state index contributed by atoms with van der Waals surface area (Å²) < 4.78 is 0.